The van der Waals surface area contributed by atoms with E-state index in [1.807, 2.05) is 25.1 Å². The highest BCUT2D eigenvalue weighted by molar-refractivity contribution is 6.08. The van der Waals surface area contributed by atoms with E-state index in [4.69, 9.17) is 0 Å². The normalized spacial score (nSPS) is 20.4. The molecule has 0 saturated carbocycles. The second kappa shape index (κ2) is 4.76. The molecule has 2 aliphatic heterocycles. The van der Waals surface area contributed by atoms with Gasteiger partial charge in [-0.2, -0.15) is 0 Å². The van der Waals surface area contributed by atoms with E-state index in [0.717, 1.165) is 35.5 Å². The maximum Gasteiger partial charge on any atom is 0.312 e. The molecule has 1 amide bonds. The molecule has 2 aliphatic rings. The number of anilines is 1. The van der Waals surface area contributed by atoms with Crippen LogP contribution >= 0.6 is 0 Å². The Labute approximate surface area is 116 Å². The Morgan fingerprint density at radius 2 is 2.00 bits per heavy atom. The van der Waals surface area contributed by atoms with Gasteiger partial charge in [0, 0.05) is 30.9 Å². The van der Waals surface area contributed by atoms with Gasteiger partial charge in [0.15, 0.2) is 0 Å². The predicted molar refractivity (Wildman–Crippen MR) is 74.7 cm³/mol. The molecule has 1 aromatic rings. The van der Waals surface area contributed by atoms with Crippen molar-refractivity contribution in [3.05, 3.63) is 41.0 Å². The molecule has 1 unspecified atom stereocenters. The number of hydrogen-bond donors (Lipinski definition) is 2. The molecular formula is C15H16N2O3. The van der Waals surface area contributed by atoms with E-state index in [0.29, 0.717) is 0 Å². The van der Waals surface area contributed by atoms with Gasteiger partial charge in [-0.1, -0.05) is 18.2 Å². The second-order valence-corrected chi connectivity index (χ2v) is 5.20. The maximum atomic E-state index is 12.6. The van der Waals surface area contributed by atoms with E-state index < -0.39 is 11.9 Å². The molecule has 3 rings (SSSR count). The fourth-order valence-electron chi connectivity index (χ4n) is 2.68. The third-order valence-electron chi connectivity index (χ3n) is 4.04. The quantitative estimate of drug-likeness (QED) is 0.792. The van der Waals surface area contributed by atoms with Gasteiger partial charge in [-0.25, -0.2) is 0 Å². The van der Waals surface area contributed by atoms with Gasteiger partial charge >= 0.3 is 5.97 Å². The van der Waals surface area contributed by atoms with Crippen LogP contribution in [0.2, 0.25) is 0 Å². The first kappa shape index (κ1) is 12.9. The van der Waals surface area contributed by atoms with Crippen LogP contribution in [0.25, 0.3) is 0 Å². The topological polar surface area (TPSA) is 69.6 Å². The first-order valence-electron chi connectivity index (χ1n) is 6.62. The van der Waals surface area contributed by atoms with Crippen LogP contribution in [0.15, 0.2) is 35.4 Å². The van der Waals surface area contributed by atoms with Crippen LogP contribution in [0, 0.1) is 0 Å². The molecule has 0 aliphatic carbocycles. The van der Waals surface area contributed by atoms with Gasteiger partial charge in [0.1, 0.15) is 5.92 Å². The van der Waals surface area contributed by atoms with Crippen molar-refractivity contribution in [3.8, 4) is 0 Å². The molecule has 5 nitrogen and oxygen atoms in total. The van der Waals surface area contributed by atoms with Crippen molar-refractivity contribution >= 4 is 17.6 Å². The first-order chi connectivity index (χ1) is 9.59. The van der Waals surface area contributed by atoms with Crippen LogP contribution in [0.3, 0.4) is 0 Å². The van der Waals surface area contributed by atoms with E-state index in [2.05, 4.69) is 5.32 Å². The fourth-order valence-corrected chi connectivity index (χ4v) is 2.68. The Kier molecular flexibility index (Phi) is 3.06. The van der Waals surface area contributed by atoms with Crippen LogP contribution in [-0.4, -0.2) is 36.6 Å². The van der Waals surface area contributed by atoms with E-state index in [9.17, 15) is 14.7 Å². The zero-order valence-electron chi connectivity index (χ0n) is 11.2. The zero-order chi connectivity index (χ0) is 14.3. The fraction of sp³-hybridized carbons (Fsp3) is 0.333. The minimum absolute atomic E-state index is 0.0855. The number of carbonyl (C=O) groups is 2. The van der Waals surface area contributed by atoms with E-state index in [1.54, 1.807) is 11.0 Å². The average Bonchev–Trinajstić information content (AvgIpc) is 2.75. The highest BCUT2D eigenvalue weighted by atomic mass is 16.4. The minimum Gasteiger partial charge on any atom is -0.481 e. The minimum atomic E-state index is -0.886. The number of carboxylic acids is 1. The third kappa shape index (κ3) is 1.91. The predicted octanol–water partition coefficient (Wildman–Crippen LogP) is 1.12. The van der Waals surface area contributed by atoms with Crippen molar-refractivity contribution in [3.63, 3.8) is 0 Å². The summed E-state index contributed by atoms with van der Waals surface area (Å²) >= 11 is 0. The SMILES string of the molecule is CC(C(=O)N1CC(C(=O)O)c2ccccc21)=C1CNC1. The summed E-state index contributed by atoms with van der Waals surface area (Å²) in [5.41, 5.74) is 3.27. The molecule has 1 saturated heterocycles. The number of nitrogens with one attached hydrogen (secondary N) is 1. The Balaban J connectivity index is 1.96. The molecule has 0 aromatic heterocycles. The number of para-hydroxylation sites is 1. The summed E-state index contributed by atoms with van der Waals surface area (Å²) in [5.74, 6) is -1.60. The van der Waals surface area contributed by atoms with Crippen LogP contribution in [0.1, 0.15) is 18.4 Å². The van der Waals surface area contributed by atoms with Crippen molar-refractivity contribution in [1.82, 2.24) is 5.32 Å². The number of carboxylic acid groups (broad SMARTS) is 1. The summed E-state index contributed by atoms with van der Waals surface area (Å²) in [6.45, 7) is 3.52. The number of amides is 1. The van der Waals surface area contributed by atoms with E-state index in [1.165, 1.54) is 0 Å². The smallest absolute Gasteiger partial charge is 0.312 e. The van der Waals surface area contributed by atoms with E-state index >= 15 is 0 Å². The highest BCUT2D eigenvalue weighted by Gasteiger charge is 2.37. The lowest BCUT2D eigenvalue weighted by atomic mass is 10.0. The third-order valence-corrected chi connectivity index (χ3v) is 4.04. The molecule has 20 heavy (non-hydrogen) atoms. The number of benzene rings is 1. The molecular weight excluding hydrogens is 256 g/mol. The zero-order valence-corrected chi connectivity index (χ0v) is 11.2. The molecule has 0 bridgehead atoms. The summed E-state index contributed by atoms with van der Waals surface area (Å²) in [6, 6.07) is 7.24. The van der Waals surface area contributed by atoms with Gasteiger partial charge in [-0.05, 0) is 24.1 Å². The highest BCUT2D eigenvalue weighted by Crippen LogP contribution is 2.37. The Morgan fingerprint density at radius 3 is 2.60 bits per heavy atom. The summed E-state index contributed by atoms with van der Waals surface area (Å²) < 4.78 is 0. The Morgan fingerprint density at radius 1 is 1.30 bits per heavy atom. The monoisotopic (exact) mass is 272 g/mol. The first-order valence-corrected chi connectivity index (χ1v) is 6.62. The van der Waals surface area contributed by atoms with Crippen molar-refractivity contribution in [2.24, 2.45) is 0 Å². The average molecular weight is 272 g/mol. The number of hydrogen-bond acceptors (Lipinski definition) is 3. The van der Waals surface area contributed by atoms with Crippen LogP contribution in [-0.2, 0) is 9.59 Å². The molecule has 1 fully saturated rings. The van der Waals surface area contributed by atoms with Gasteiger partial charge in [-0.15, -0.1) is 0 Å². The molecule has 5 heteroatoms. The van der Waals surface area contributed by atoms with Gasteiger partial charge < -0.3 is 15.3 Å². The molecule has 0 radical (unpaired) electrons. The van der Waals surface area contributed by atoms with Gasteiger partial charge in [0.05, 0.1) is 0 Å². The van der Waals surface area contributed by atoms with Gasteiger partial charge in [0.25, 0.3) is 5.91 Å². The lowest BCUT2D eigenvalue weighted by Gasteiger charge is -2.25. The van der Waals surface area contributed by atoms with Crippen molar-refractivity contribution in [2.45, 2.75) is 12.8 Å². The summed E-state index contributed by atoms with van der Waals surface area (Å²) in [7, 11) is 0. The molecule has 0 spiro atoms. The number of aliphatic carboxylic acids is 1. The molecule has 2 N–H and O–H groups in total. The lowest BCUT2D eigenvalue weighted by Crippen LogP contribution is -2.39. The molecule has 104 valence electrons. The molecule has 1 atom stereocenters. The van der Waals surface area contributed by atoms with Crippen LogP contribution in [0.4, 0.5) is 5.69 Å². The maximum absolute atomic E-state index is 12.6. The number of carbonyl (C=O) groups excluding carboxylic acids is 1. The lowest BCUT2D eigenvalue weighted by molar-refractivity contribution is -0.138. The van der Waals surface area contributed by atoms with Crippen molar-refractivity contribution in [1.29, 1.82) is 0 Å². The molecule has 1 aromatic carbocycles. The standard InChI is InChI=1S/C15H16N2O3/c1-9(10-6-16-7-10)14(18)17-8-12(15(19)20)11-4-2-3-5-13(11)17/h2-5,12,16H,6-8H2,1H3,(H,19,20). The summed E-state index contributed by atoms with van der Waals surface area (Å²) in [6.07, 6.45) is 0. The Bertz CT molecular complexity index is 615. The summed E-state index contributed by atoms with van der Waals surface area (Å²) in [4.78, 5) is 25.5. The molecule has 2 heterocycles. The van der Waals surface area contributed by atoms with Gasteiger partial charge in [0.2, 0.25) is 0 Å². The van der Waals surface area contributed by atoms with Crippen molar-refractivity contribution in [2.75, 3.05) is 24.5 Å². The van der Waals surface area contributed by atoms with Gasteiger partial charge in [-0.3, -0.25) is 9.59 Å². The second-order valence-electron chi connectivity index (χ2n) is 5.20. The number of rotatable bonds is 2. The van der Waals surface area contributed by atoms with Crippen LogP contribution < -0.4 is 10.2 Å². The van der Waals surface area contributed by atoms with Crippen molar-refractivity contribution < 1.29 is 14.7 Å². The largest absolute Gasteiger partial charge is 0.481 e. The summed E-state index contributed by atoms with van der Waals surface area (Å²) in [5, 5.41) is 12.4. The Hall–Kier alpha value is -2.14. The number of nitrogens with zero attached hydrogens (tertiary/aromatic N) is 1. The van der Waals surface area contributed by atoms with Crippen LogP contribution in [0.5, 0.6) is 0 Å². The number of fused-ring (bicyclic) bond motifs is 1. The van der Waals surface area contributed by atoms with E-state index in [-0.39, 0.29) is 12.5 Å².